The highest BCUT2D eigenvalue weighted by atomic mass is 32.2. The van der Waals surface area contributed by atoms with Gasteiger partial charge in [0.25, 0.3) is 11.1 Å². The molecule has 2 aliphatic heterocycles. The molecule has 3 atom stereocenters. The van der Waals surface area contributed by atoms with Gasteiger partial charge >= 0.3 is 0 Å². The first kappa shape index (κ1) is 22.0. The SMILES string of the molecule is C[C@@H](C(=O)NCCN1C(=O)S/C(=C\c2ccccc2)C1=O)N1C(=O)C2CC=CCC2C1=O. The third-order valence-electron chi connectivity index (χ3n) is 5.91. The van der Waals surface area contributed by atoms with Crippen molar-refractivity contribution in [3.8, 4) is 0 Å². The zero-order chi connectivity index (χ0) is 22.8. The number of likely N-dealkylation sites (tertiary alicyclic amines) is 1. The van der Waals surface area contributed by atoms with Crippen LogP contribution in [-0.4, -0.2) is 57.8 Å². The molecule has 2 fully saturated rings. The van der Waals surface area contributed by atoms with Gasteiger partial charge in [0.15, 0.2) is 0 Å². The predicted octanol–water partition coefficient (Wildman–Crippen LogP) is 2.18. The van der Waals surface area contributed by atoms with Crippen LogP contribution in [0.4, 0.5) is 4.79 Å². The molecular formula is C23H23N3O5S. The number of hydrogen-bond acceptors (Lipinski definition) is 6. The highest BCUT2D eigenvalue weighted by Gasteiger charge is 2.50. The molecule has 0 spiro atoms. The van der Waals surface area contributed by atoms with Crippen molar-refractivity contribution < 1.29 is 24.0 Å². The topological polar surface area (TPSA) is 104 Å². The molecule has 5 amide bonds. The lowest BCUT2D eigenvalue weighted by molar-refractivity contribution is -0.147. The second-order valence-electron chi connectivity index (χ2n) is 7.91. The zero-order valence-electron chi connectivity index (χ0n) is 17.5. The minimum atomic E-state index is -0.950. The number of thioether (sulfide) groups is 1. The molecule has 1 aromatic rings. The first-order valence-corrected chi connectivity index (χ1v) is 11.3. The molecule has 0 saturated carbocycles. The fourth-order valence-corrected chi connectivity index (χ4v) is 5.02. The Bertz CT molecular complexity index is 1010. The van der Waals surface area contributed by atoms with Gasteiger partial charge in [0.05, 0.1) is 16.7 Å². The Hall–Kier alpha value is -3.20. The summed E-state index contributed by atoms with van der Waals surface area (Å²) in [5.41, 5.74) is 0.816. The third-order valence-corrected chi connectivity index (χ3v) is 6.82. The molecule has 0 bridgehead atoms. The summed E-state index contributed by atoms with van der Waals surface area (Å²) in [5, 5.41) is 2.24. The minimum absolute atomic E-state index is 0.00627. The minimum Gasteiger partial charge on any atom is -0.353 e. The van der Waals surface area contributed by atoms with Crippen molar-refractivity contribution >= 4 is 46.7 Å². The Morgan fingerprint density at radius 1 is 1.09 bits per heavy atom. The lowest BCUT2D eigenvalue weighted by atomic mass is 9.85. The van der Waals surface area contributed by atoms with E-state index >= 15 is 0 Å². The molecule has 1 aromatic carbocycles. The first-order valence-electron chi connectivity index (χ1n) is 10.5. The Morgan fingerprint density at radius 3 is 2.34 bits per heavy atom. The Balaban J connectivity index is 1.32. The van der Waals surface area contributed by atoms with Gasteiger partial charge < -0.3 is 5.32 Å². The summed E-state index contributed by atoms with van der Waals surface area (Å²) in [5.74, 6) is -2.32. The number of imide groups is 2. The normalized spacial score (nSPS) is 25.0. The maximum Gasteiger partial charge on any atom is 0.293 e. The van der Waals surface area contributed by atoms with E-state index in [4.69, 9.17) is 0 Å². The average molecular weight is 454 g/mol. The lowest BCUT2D eigenvalue weighted by Crippen LogP contribution is -2.49. The molecule has 2 unspecified atom stereocenters. The van der Waals surface area contributed by atoms with Crippen LogP contribution in [0.25, 0.3) is 6.08 Å². The van der Waals surface area contributed by atoms with E-state index in [0.717, 1.165) is 27.1 Å². The van der Waals surface area contributed by atoms with Crippen LogP contribution in [0.3, 0.4) is 0 Å². The number of carbonyl (C=O) groups excluding carboxylic acids is 5. The number of allylic oxidation sites excluding steroid dienone is 2. The van der Waals surface area contributed by atoms with Crippen molar-refractivity contribution in [2.75, 3.05) is 13.1 Å². The van der Waals surface area contributed by atoms with E-state index in [0.29, 0.717) is 17.7 Å². The van der Waals surface area contributed by atoms with Crippen LogP contribution in [0.15, 0.2) is 47.4 Å². The van der Waals surface area contributed by atoms with Gasteiger partial charge in [-0.1, -0.05) is 42.5 Å². The van der Waals surface area contributed by atoms with E-state index in [1.54, 1.807) is 6.08 Å². The molecule has 4 rings (SSSR count). The molecule has 0 radical (unpaired) electrons. The predicted molar refractivity (Wildman–Crippen MR) is 119 cm³/mol. The number of rotatable bonds is 6. The van der Waals surface area contributed by atoms with E-state index in [1.165, 1.54) is 6.92 Å². The molecule has 2 saturated heterocycles. The summed E-state index contributed by atoms with van der Waals surface area (Å²) in [4.78, 5) is 65.1. The van der Waals surface area contributed by atoms with Crippen LogP contribution in [0.1, 0.15) is 25.3 Å². The van der Waals surface area contributed by atoms with Crippen molar-refractivity contribution in [1.29, 1.82) is 0 Å². The van der Waals surface area contributed by atoms with Crippen LogP contribution in [0.2, 0.25) is 0 Å². The van der Waals surface area contributed by atoms with Gasteiger partial charge in [0, 0.05) is 13.1 Å². The van der Waals surface area contributed by atoms with Crippen molar-refractivity contribution in [3.63, 3.8) is 0 Å². The van der Waals surface area contributed by atoms with Gasteiger partial charge in [-0.05, 0) is 43.2 Å². The van der Waals surface area contributed by atoms with Gasteiger partial charge in [-0.3, -0.25) is 33.8 Å². The smallest absolute Gasteiger partial charge is 0.293 e. The monoisotopic (exact) mass is 453 g/mol. The standard InChI is InChI=1S/C23H23N3O5S/c1-14(26-20(28)16-9-5-6-10-17(16)21(26)29)19(27)24-11-12-25-22(30)18(32-23(25)31)13-15-7-3-2-4-8-15/h2-8,13-14,16-17H,9-12H2,1H3,(H,24,27)/b18-13-/t14-,16?,17?/m0/s1. The van der Waals surface area contributed by atoms with E-state index in [1.807, 2.05) is 42.5 Å². The summed E-state index contributed by atoms with van der Waals surface area (Å²) >= 11 is 0.856. The van der Waals surface area contributed by atoms with E-state index in [-0.39, 0.29) is 24.9 Å². The molecule has 3 aliphatic rings. The molecule has 166 valence electrons. The van der Waals surface area contributed by atoms with Crippen LogP contribution in [-0.2, 0) is 19.2 Å². The molecule has 0 aromatic heterocycles. The number of carbonyl (C=O) groups is 5. The Labute approximate surface area is 189 Å². The summed E-state index contributed by atoms with van der Waals surface area (Å²) in [6.07, 6.45) is 6.46. The van der Waals surface area contributed by atoms with Crippen molar-refractivity contribution in [2.24, 2.45) is 11.8 Å². The summed E-state index contributed by atoms with van der Waals surface area (Å²) < 4.78 is 0. The second kappa shape index (κ2) is 9.12. The molecule has 9 heteroatoms. The third kappa shape index (κ3) is 4.12. The summed E-state index contributed by atoms with van der Waals surface area (Å²) in [7, 11) is 0. The van der Waals surface area contributed by atoms with E-state index in [2.05, 4.69) is 5.32 Å². The maximum atomic E-state index is 12.6. The fourth-order valence-electron chi connectivity index (χ4n) is 4.16. The molecular weight excluding hydrogens is 430 g/mol. The lowest BCUT2D eigenvalue weighted by Gasteiger charge is -2.23. The van der Waals surface area contributed by atoms with E-state index < -0.39 is 34.9 Å². The van der Waals surface area contributed by atoms with Crippen molar-refractivity contribution in [1.82, 2.24) is 15.1 Å². The molecule has 1 N–H and O–H groups in total. The zero-order valence-corrected chi connectivity index (χ0v) is 18.3. The Morgan fingerprint density at radius 2 is 1.72 bits per heavy atom. The number of benzene rings is 1. The second-order valence-corrected chi connectivity index (χ2v) is 8.91. The number of nitrogens with one attached hydrogen (secondary N) is 1. The highest BCUT2D eigenvalue weighted by Crippen LogP contribution is 2.36. The molecule has 32 heavy (non-hydrogen) atoms. The summed E-state index contributed by atoms with van der Waals surface area (Å²) in [6, 6.07) is 8.27. The van der Waals surface area contributed by atoms with Crippen molar-refractivity contribution in [2.45, 2.75) is 25.8 Å². The molecule has 8 nitrogen and oxygen atoms in total. The van der Waals surface area contributed by atoms with E-state index in [9.17, 15) is 24.0 Å². The largest absolute Gasteiger partial charge is 0.353 e. The molecule has 2 heterocycles. The van der Waals surface area contributed by atoms with Crippen LogP contribution in [0, 0.1) is 11.8 Å². The van der Waals surface area contributed by atoms with Gasteiger partial charge in [0.2, 0.25) is 17.7 Å². The number of fused-ring (bicyclic) bond motifs is 1. The van der Waals surface area contributed by atoms with Crippen LogP contribution < -0.4 is 5.32 Å². The number of nitrogens with zero attached hydrogens (tertiary/aromatic N) is 2. The number of amides is 5. The van der Waals surface area contributed by atoms with Crippen LogP contribution >= 0.6 is 11.8 Å². The van der Waals surface area contributed by atoms with Gasteiger partial charge in [-0.15, -0.1) is 0 Å². The molecule has 1 aliphatic carbocycles. The fraction of sp³-hybridized carbons (Fsp3) is 0.348. The average Bonchev–Trinajstić information content (AvgIpc) is 3.21. The Kier molecular flexibility index (Phi) is 6.27. The van der Waals surface area contributed by atoms with Gasteiger partial charge in [-0.2, -0.15) is 0 Å². The quantitative estimate of drug-likeness (QED) is 0.402. The van der Waals surface area contributed by atoms with Gasteiger partial charge in [0.1, 0.15) is 6.04 Å². The number of hydrogen-bond donors (Lipinski definition) is 1. The highest BCUT2D eigenvalue weighted by molar-refractivity contribution is 8.18. The van der Waals surface area contributed by atoms with Crippen molar-refractivity contribution in [3.05, 3.63) is 53.0 Å². The summed E-state index contributed by atoms with van der Waals surface area (Å²) in [6.45, 7) is 1.55. The first-order chi connectivity index (χ1) is 15.4. The van der Waals surface area contributed by atoms with Gasteiger partial charge in [-0.25, -0.2) is 0 Å². The van der Waals surface area contributed by atoms with Crippen LogP contribution in [0.5, 0.6) is 0 Å². The maximum absolute atomic E-state index is 12.6.